The number of hydrogen-bond acceptors (Lipinski definition) is 2. The van der Waals surface area contributed by atoms with Crippen LogP contribution >= 0.6 is 0 Å². The van der Waals surface area contributed by atoms with E-state index in [0.717, 1.165) is 36.8 Å². The summed E-state index contributed by atoms with van der Waals surface area (Å²) < 4.78 is 5.93. The number of carbonyl (C=O) groups excluding carboxylic acids is 1. The predicted molar refractivity (Wildman–Crippen MR) is 76.6 cm³/mol. The Morgan fingerprint density at radius 1 is 0.900 bits per heavy atom. The first-order valence-corrected chi connectivity index (χ1v) is 7.22. The summed E-state index contributed by atoms with van der Waals surface area (Å²) in [4.78, 5) is 12.2. The molecule has 0 fully saturated rings. The Labute approximate surface area is 118 Å². The number of fused-ring (bicyclic) bond motifs is 4. The van der Waals surface area contributed by atoms with Crippen molar-refractivity contribution in [2.75, 3.05) is 0 Å². The predicted octanol–water partition coefficient (Wildman–Crippen LogP) is 3.83. The number of carbonyl (C=O) groups is 1. The molecular formula is C18H16O2. The van der Waals surface area contributed by atoms with Crippen LogP contribution in [0.1, 0.15) is 46.3 Å². The molecule has 0 saturated carbocycles. The van der Waals surface area contributed by atoms with E-state index in [1.807, 2.05) is 30.3 Å². The highest BCUT2D eigenvalue weighted by Gasteiger charge is 2.47. The van der Waals surface area contributed by atoms with E-state index in [1.165, 1.54) is 11.1 Å². The molecule has 0 saturated heterocycles. The van der Waals surface area contributed by atoms with Gasteiger partial charge in [0.05, 0.1) is 5.56 Å². The van der Waals surface area contributed by atoms with Gasteiger partial charge in [0.2, 0.25) is 0 Å². The lowest BCUT2D eigenvalue weighted by Crippen LogP contribution is -2.28. The Kier molecular flexibility index (Phi) is 2.46. The van der Waals surface area contributed by atoms with Crippen molar-refractivity contribution in [3.05, 3.63) is 70.8 Å². The molecule has 100 valence electrons. The molecular weight excluding hydrogens is 248 g/mol. The van der Waals surface area contributed by atoms with E-state index < -0.39 is 5.60 Å². The highest BCUT2D eigenvalue weighted by atomic mass is 16.6. The number of hydrogen-bond donors (Lipinski definition) is 0. The van der Waals surface area contributed by atoms with Crippen LogP contribution in [0.15, 0.2) is 48.5 Å². The Bertz CT molecular complexity index is 689. The van der Waals surface area contributed by atoms with Gasteiger partial charge in [0.25, 0.3) is 0 Å². The molecule has 0 N–H and O–H groups in total. The second kappa shape index (κ2) is 4.20. The summed E-state index contributed by atoms with van der Waals surface area (Å²) in [6.07, 6.45) is 4.18. The molecule has 1 atom stereocenters. The fourth-order valence-corrected chi connectivity index (χ4v) is 3.62. The van der Waals surface area contributed by atoms with Gasteiger partial charge in [-0.05, 0) is 37.3 Å². The quantitative estimate of drug-likeness (QED) is 0.676. The van der Waals surface area contributed by atoms with Crippen molar-refractivity contribution in [2.24, 2.45) is 0 Å². The number of esters is 1. The Hall–Kier alpha value is -2.09. The summed E-state index contributed by atoms with van der Waals surface area (Å²) in [5, 5.41) is 0. The SMILES string of the molecule is O=C1OC2(CCCCc3ccccc32)c2ccccc21. The van der Waals surface area contributed by atoms with E-state index in [2.05, 4.69) is 18.2 Å². The van der Waals surface area contributed by atoms with E-state index in [0.29, 0.717) is 0 Å². The van der Waals surface area contributed by atoms with E-state index in [9.17, 15) is 4.79 Å². The van der Waals surface area contributed by atoms with Gasteiger partial charge in [0.15, 0.2) is 5.60 Å². The van der Waals surface area contributed by atoms with Crippen molar-refractivity contribution >= 4 is 5.97 Å². The van der Waals surface area contributed by atoms with Crippen molar-refractivity contribution in [3.8, 4) is 0 Å². The number of benzene rings is 2. The van der Waals surface area contributed by atoms with Gasteiger partial charge in [-0.25, -0.2) is 4.79 Å². The van der Waals surface area contributed by atoms with Gasteiger partial charge in [0.1, 0.15) is 0 Å². The molecule has 4 rings (SSSR count). The second-order valence-corrected chi connectivity index (χ2v) is 5.63. The molecule has 0 amide bonds. The van der Waals surface area contributed by atoms with Gasteiger partial charge < -0.3 is 4.74 Å². The maximum Gasteiger partial charge on any atom is 0.339 e. The van der Waals surface area contributed by atoms with Crippen LogP contribution in [-0.2, 0) is 16.8 Å². The lowest BCUT2D eigenvalue weighted by Gasteiger charge is -2.29. The molecule has 0 radical (unpaired) electrons. The summed E-state index contributed by atoms with van der Waals surface area (Å²) in [6.45, 7) is 0. The van der Waals surface area contributed by atoms with Crippen LogP contribution in [0.5, 0.6) is 0 Å². The first-order chi connectivity index (χ1) is 9.81. The molecule has 2 nitrogen and oxygen atoms in total. The average molecular weight is 264 g/mol. The Balaban J connectivity index is 2.00. The summed E-state index contributed by atoms with van der Waals surface area (Å²) in [7, 11) is 0. The summed E-state index contributed by atoms with van der Waals surface area (Å²) in [5.74, 6) is -0.183. The molecule has 2 aromatic carbocycles. The van der Waals surface area contributed by atoms with Crippen molar-refractivity contribution in [1.82, 2.24) is 0 Å². The molecule has 2 aromatic rings. The molecule has 1 aliphatic carbocycles. The Morgan fingerprint density at radius 3 is 2.55 bits per heavy atom. The summed E-state index contributed by atoms with van der Waals surface area (Å²) in [6, 6.07) is 16.2. The van der Waals surface area contributed by atoms with Gasteiger partial charge in [-0.15, -0.1) is 0 Å². The molecule has 1 heterocycles. The van der Waals surface area contributed by atoms with Crippen LogP contribution in [0.3, 0.4) is 0 Å². The molecule has 1 unspecified atom stereocenters. The zero-order valence-corrected chi connectivity index (χ0v) is 11.3. The first-order valence-electron chi connectivity index (χ1n) is 7.22. The van der Waals surface area contributed by atoms with Gasteiger partial charge in [-0.3, -0.25) is 0 Å². The largest absolute Gasteiger partial charge is 0.446 e. The zero-order chi connectivity index (χ0) is 13.6. The van der Waals surface area contributed by atoms with Crippen LogP contribution < -0.4 is 0 Å². The Morgan fingerprint density at radius 2 is 1.65 bits per heavy atom. The lowest BCUT2D eigenvalue weighted by molar-refractivity contribution is 0.00707. The van der Waals surface area contributed by atoms with Crippen molar-refractivity contribution in [1.29, 1.82) is 0 Å². The second-order valence-electron chi connectivity index (χ2n) is 5.63. The van der Waals surface area contributed by atoms with Crippen LogP contribution in [-0.4, -0.2) is 5.97 Å². The minimum atomic E-state index is -0.555. The van der Waals surface area contributed by atoms with Gasteiger partial charge in [-0.2, -0.15) is 0 Å². The van der Waals surface area contributed by atoms with E-state index in [1.54, 1.807) is 0 Å². The number of aryl methyl sites for hydroxylation is 1. The minimum Gasteiger partial charge on any atom is -0.446 e. The first kappa shape index (κ1) is 11.7. The van der Waals surface area contributed by atoms with Crippen molar-refractivity contribution in [3.63, 3.8) is 0 Å². The smallest absolute Gasteiger partial charge is 0.339 e. The van der Waals surface area contributed by atoms with E-state index in [4.69, 9.17) is 4.74 Å². The summed E-state index contributed by atoms with van der Waals surface area (Å²) in [5.41, 5.74) is 3.70. The summed E-state index contributed by atoms with van der Waals surface area (Å²) >= 11 is 0. The number of ether oxygens (including phenoxy) is 1. The van der Waals surface area contributed by atoms with Gasteiger partial charge >= 0.3 is 5.97 Å². The van der Waals surface area contributed by atoms with E-state index in [-0.39, 0.29) is 5.97 Å². The highest BCUT2D eigenvalue weighted by molar-refractivity contribution is 5.95. The molecule has 0 aromatic heterocycles. The molecule has 0 bridgehead atoms. The number of rotatable bonds is 0. The van der Waals surface area contributed by atoms with Crippen LogP contribution in [0.2, 0.25) is 0 Å². The van der Waals surface area contributed by atoms with Crippen molar-refractivity contribution < 1.29 is 9.53 Å². The zero-order valence-electron chi connectivity index (χ0n) is 11.3. The third-order valence-corrected chi connectivity index (χ3v) is 4.53. The fraction of sp³-hybridized carbons (Fsp3) is 0.278. The molecule has 20 heavy (non-hydrogen) atoms. The third kappa shape index (κ3) is 1.48. The van der Waals surface area contributed by atoms with Crippen LogP contribution in [0.25, 0.3) is 0 Å². The van der Waals surface area contributed by atoms with E-state index >= 15 is 0 Å². The maximum atomic E-state index is 12.2. The standard InChI is InChI=1S/C18H16O2/c19-17-14-9-2-4-11-16(14)18(20-17)12-6-5-8-13-7-1-3-10-15(13)18/h1-4,7,9-11H,5-6,8,12H2. The molecule has 1 spiro atoms. The van der Waals surface area contributed by atoms with Crippen LogP contribution in [0.4, 0.5) is 0 Å². The molecule has 1 aliphatic heterocycles. The normalized spacial score (nSPS) is 23.9. The third-order valence-electron chi connectivity index (χ3n) is 4.53. The highest BCUT2D eigenvalue weighted by Crippen LogP contribution is 2.48. The maximum absolute atomic E-state index is 12.2. The molecule has 2 heteroatoms. The average Bonchev–Trinajstić information content (AvgIpc) is 2.66. The van der Waals surface area contributed by atoms with Crippen molar-refractivity contribution in [2.45, 2.75) is 31.3 Å². The topological polar surface area (TPSA) is 26.3 Å². The fourth-order valence-electron chi connectivity index (χ4n) is 3.62. The minimum absolute atomic E-state index is 0.183. The van der Waals surface area contributed by atoms with Gasteiger partial charge in [-0.1, -0.05) is 42.5 Å². The van der Waals surface area contributed by atoms with Crippen LogP contribution in [0, 0.1) is 0 Å². The van der Waals surface area contributed by atoms with Gasteiger partial charge in [0, 0.05) is 11.1 Å². The molecule has 2 aliphatic rings. The monoisotopic (exact) mass is 264 g/mol. The lowest BCUT2D eigenvalue weighted by atomic mass is 9.81.